The van der Waals surface area contributed by atoms with Crippen molar-refractivity contribution in [3.05, 3.63) is 0 Å². The summed E-state index contributed by atoms with van der Waals surface area (Å²) in [7, 11) is 0. The molecular formula is C13H27N3S. The van der Waals surface area contributed by atoms with Gasteiger partial charge in [-0.15, -0.1) is 0 Å². The Morgan fingerprint density at radius 3 is 2.41 bits per heavy atom. The molecule has 4 unspecified atom stereocenters. The molecule has 2 saturated heterocycles. The Bertz CT molecular complexity index is 251. The number of thioether (sulfide) groups is 1. The number of hydrogen-bond donors (Lipinski definition) is 2. The zero-order valence-corrected chi connectivity index (χ0v) is 12.2. The molecule has 0 radical (unpaired) electrons. The molecule has 2 rings (SSSR count). The summed E-state index contributed by atoms with van der Waals surface area (Å²) in [5.74, 6) is 1.15. The second-order valence-electron chi connectivity index (χ2n) is 5.96. The summed E-state index contributed by atoms with van der Waals surface area (Å²) in [6, 6.07) is 1.28. The van der Waals surface area contributed by atoms with Gasteiger partial charge in [0.25, 0.3) is 0 Å². The predicted molar refractivity (Wildman–Crippen MR) is 76.1 cm³/mol. The first-order chi connectivity index (χ1) is 8.06. The van der Waals surface area contributed by atoms with Gasteiger partial charge in [0.15, 0.2) is 0 Å². The molecule has 2 fully saturated rings. The predicted octanol–water partition coefficient (Wildman–Crippen LogP) is 1.98. The third kappa shape index (κ3) is 2.98. The van der Waals surface area contributed by atoms with Crippen molar-refractivity contribution in [2.45, 2.75) is 69.3 Å². The molecule has 2 aliphatic heterocycles. The maximum atomic E-state index is 6.04. The van der Waals surface area contributed by atoms with Crippen molar-refractivity contribution in [1.29, 1.82) is 0 Å². The first-order valence-corrected chi connectivity index (χ1v) is 7.99. The van der Waals surface area contributed by atoms with Crippen molar-refractivity contribution in [2.75, 3.05) is 12.3 Å². The van der Waals surface area contributed by atoms with Crippen LogP contribution in [-0.2, 0) is 0 Å². The van der Waals surface area contributed by atoms with E-state index in [0.29, 0.717) is 12.1 Å². The molecule has 4 atom stereocenters. The van der Waals surface area contributed by atoms with Crippen LogP contribution in [0.25, 0.3) is 0 Å². The van der Waals surface area contributed by atoms with E-state index in [2.05, 4.69) is 43.0 Å². The normalized spacial score (nSPS) is 44.1. The fourth-order valence-corrected chi connectivity index (χ4v) is 4.49. The highest BCUT2D eigenvalue weighted by atomic mass is 32.2. The average molecular weight is 257 g/mol. The van der Waals surface area contributed by atoms with Gasteiger partial charge in [-0.25, -0.2) is 10.4 Å². The van der Waals surface area contributed by atoms with Crippen LogP contribution in [0.2, 0.25) is 0 Å². The van der Waals surface area contributed by atoms with E-state index in [4.69, 9.17) is 5.73 Å². The number of piperidine rings is 1. The summed E-state index contributed by atoms with van der Waals surface area (Å²) in [4.78, 5) is 0. The van der Waals surface area contributed by atoms with Crippen LogP contribution in [0.5, 0.6) is 0 Å². The van der Waals surface area contributed by atoms with Gasteiger partial charge in [0.1, 0.15) is 0 Å². The van der Waals surface area contributed by atoms with E-state index < -0.39 is 0 Å². The van der Waals surface area contributed by atoms with E-state index in [0.717, 1.165) is 17.5 Å². The van der Waals surface area contributed by atoms with E-state index in [9.17, 15) is 0 Å². The van der Waals surface area contributed by atoms with E-state index in [-0.39, 0.29) is 5.54 Å². The molecule has 4 heteroatoms. The molecule has 2 aliphatic rings. The van der Waals surface area contributed by atoms with E-state index >= 15 is 0 Å². The van der Waals surface area contributed by atoms with Gasteiger partial charge in [0.05, 0.1) is 5.54 Å². The minimum Gasteiger partial charge on any atom is -0.329 e. The molecule has 2 heterocycles. The number of nitrogens with one attached hydrogen (secondary N) is 1. The van der Waals surface area contributed by atoms with Crippen molar-refractivity contribution in [2.24, 2.45) is 5.73 Å². The van der Waals surface area contributed by atoms with Crippen LogP contribution in [0.3, 0.4) is 0 Å². The lowest BCUT2D eigenvalue weighted by molar-refractivity contribution is 0.00763. The molecule has 3 nitrogen and oxygen atoms in total. The van der Waals surface area contributed by atoms with E-state index in [1.54, 1.807) is 0 Å². The van der Waals surface area contributed by atoms with Crippen LogP contribution < -0.4 is 11.2 Å². The molecule has 0 aromatic rings. The highest BCUT2D eigenvalue weighted by Gasteiger charge is 2.40. The molecule has 0 amide bonds. The molecule has 0 aromatic carbocycles. The summed E-state index contributed by atoms with van der Waals surface area (Å²) in [6.45, 7) is 7.73. The van der Waals surface area contributed by atoms with Crippen molar-refractivity contribution in [3.63, 3.8) is 0 Å². The summed E-state index contributed by atoms with van der Waals surface area (Å²) < 4.78 is 0. The van der Waals surface area contributed by atoms with Crippen LogP contribution >= 0.6 is 11.8 Å². The van der Waals surface area contributed by atoms with Crippen LogP contribution in [0, 0.1) is 0 Å². The second kappa shape index (κ2) is 5.47. The minimum absolute atomic E-state index is 0.143. The molecular weight excluding hydrogens is 230 g/mol. The van der Waals surface area contributed by atoms with Crippen molar-refractivity contribution >= 4 is 11.8 Å². The van der Waals surface area contributed by atoms with Crippen molar-refractivity contribution in [1.82, 2.24) is 10.4 Å². The molecule has 3 N–H and O–H groups in total. The third-order valence-corrected chi connectivity index (χ3v) is 5.73. The smallest absolute Gasteiger partial charge is 0.0548 e. The highest BCUT2D eigenvalue weighted by Crippen LogP contribution is 2.35. The van der Waals surface area contributed by atoms with Crippen molar-refractivity contribution in [3.8, 4) is 0 Å². The Labute approximate surface area is 110 Å². The molecule has 0 spiro atoms. The quantitative estimate of drug-likeness (QED) is 0.811. The third-order valence-electron chi connectivity index (χ3n) is 4.27. The monoisotopic (exact) mass is 257 g/mol. The van der Waals surface area contributed by atoms with Gasteiger partial charge in [-0.3, -0.25) is 0 Å². The fourth-order valence-electron chi connectivity index (χ4n) is 3.15. The van der Waals surface area contributed by atoms with Gasteiger partial charge in [-0.05, 0) is 33.1 Å². The first kappa shape index (κ1) is 13.7. The minimum atomic E-state index is 0.143. The van der Waals surface area contributed by atoms with Gasteiger partial charge in [0.2, 0.25) is 0 Å². The largest absolute Gasteiger partial charge is 0.329 e. The Hall–Kier alpha value is 0.230. The summed E-state index contributed by atoms with van der Waals surface area (Å²) in [5.41, 5.74) is 9.98. The molecule has 0 aliphatic carbocycles. The molecule has 17 heavy (non-hydrogen) atoms. The maximum Gasteiger partial charge on any atom is 0.0548 e. The number of hydrazine groups is 1. The van der Waals surface area contributed by atoms with Gasteiger partial charge in [0, 0.05) is 29.6 Å². The molecule has 0 aromatic heterocycles. The summed E-state index contributed by atoms with van der Waals surface area (Å²) in [6.07, 6.45) is 5.17. The summed E-state index contributed by atoms with van der Waals surface area (Å²) >= 11 is 2.05. The topological polar surface area (TPSA) is 41.3 Å². The zero-order valence-electron chi connectivity index (χ0n) is 11.4. The molecule has 0 bridgehead atoms. The van der Waals surface area contributed by atoms with Crippen LogP contribution in [0.1, 0.15) is 46.5 Å². The Kier molecular flexibility index (Phi) is 4.40. The standard InChI is InChI=1S/C13H27N3S/c1-10-5-4-6-11(2)16(10)15-13(8-14)7-12(3)17-9-13/h10-12,15H,4-9,14H2,1-3H3. The number of hydrogen-bond acceptors (Lipinski definition) is 4. The number of nitrogens with zero attached hydrogens (tertiary/aromatic N) is 1. The Balaban J connectivity index is 2.02. The Morgan fingerprint density at radius 2 is 1.94 bits per heavy atom. The van der Waals surface area contributed by atoms with Crippen molar-refractivity contribution < 1.29 is 0 Å². The number of nitrogens with two attached hydrogens (primary N) is 1. The second-order valence-corrected chi connectivity index (χ2v) is 7.38. The summed E-state index contributed by atoms with van der Waals surface area (Å²) in [5, 5.41) is 3.22. The van der Waals surface area contributed by atoms with Crippen LogP contribution in [0.4, 0.5) is 0 Å². The van der Waals surface area contributed by atoms with Gasteiger partial charge in [-0.1, -0.05) is 13.3 Å². The lowest BCUT2D eigenvalue weighted by atomic mass is 9.95. The van der Waals surface area contributed by atoms with E-state index in [1.165, 1.54) is 25.7 Å². The maximum absolute atomic E-state index is 6.04. The Morgan fingerprint density at radius 1 is 1.29 bits per heavy atom. The number of rotatable bonds is 3. The average Bonchev–Trinajstić information content (AvgIpc) is 2.67. The molecule has 100 valence electrons. The lowest BCUT2D eigenvalue weighted by Gasteiger charge is -2.45. The van der Waals surface area contributed by atoms with Gasteiger partial charge < -0.3 is 5.73 Å². The van der Waals surface area contributed by atoms with Crippen LogP contribution in [-0.4, -0.2) is 40.2 Å². The molecule has 0 saturated carbocycles. The SMILES string of the molecule is CC1CC(CN)(NN2C(C)CCCC2C)CS1. The first-order valence-electron chi connectivity index (χ1n) is 6.94. The van der Waals surface area contributed by atoms with Gasteiger partial charge >= 0.3 is 0 Å². The zero-order chi connectivity index (χ0) is 12.5. The fraction of sp³-hybridized carbons (Fsp3) is 1.00. The van der Waals surface area contributed by atoms with E-state index in [1.807, 2.05) is 0 Å². The highest BCUT2D eigenvalue weighted by molar-refractivity contribution is 8.00. The van der Waals surface area contributed by atoms with Crippen LogP contribution in [0.15, 0.2) is 0 Å². The lowest BCUT2D eigenvalue weighted by Crippen LogP contribution is -2.64. The van der Waals surface area contributed by atoms with Gasteiger partial charge in [-0.2, -0.15) is 11.8 Å².